The predicted octanol–water partition coefficient (Wildman–Crippen LogP) is 3.44. The van der Waals surface area contributed by atoms with Crippen LogP contribution in [0.5, 0.6) is 0 Å². The Labute approximate surface area is 101 Å². The normalized spacial score (nSPS) is 10.5. The Morgan fingerprint density at radius 1 is 1.36 bits per heavy atom. The molecule has 1 heterocycles. The molecule has 0 aliphatic rings. The van der Waals surface area contributed by atoms with Crippen molar-refractivity contribution in [2.75, 3.05) is 0 Å². The van der Waals surface area contributed by atoms with Crippen LogP contribution in [0.3, 0.4) is 0 Å². The van der Waals surface area contributed by atoms with Gasteiger partial charge in [-0.3, -0.25) is 0 Å². The highest BCUT2D eigenvalue weighted by Crippen LogP contribution is 2.17. The molecule has 2 nitrogen and oxygen atoms in total. The van der Waals surface area contributed by atoms with E-state index in [4.69, 9.17) is 11.6 Å². The van der Waals surface area contributed by atoms with E-state index in [2.05, 4.69) is 27.7 Å². The summed E-state index contributed by atoms with van der Waals surface area (Å²) < 4.78 is 2.96. The molecule has 0 N–H and O–H groups in total. The standard InChI is InChI=1S/C10H8ClIN2/c1-7-5-10(12)14(13-7)9-4-2-3-8(11)6-9/h2-6H,1H3. The molecule has 2 rings (SSSR count). The number of aryl methyl sites for hydroxylation is 1. The van der Waals surface area contributed by atoms with Gasteiger partial charge in [-0.1, -0.05) is 17.7 Å². The second-order valence-electron chi connectivity index (χ2n) is 3.00. The number of aromatic nitrogens is 2. The number of benzene rings is 1. The fourth-order valence-corrected chi connectivity index (χ4v) is 2.28. The maximum Gasteiger partial charge on any atom is 0.105 e. The fraction of sp³-hybridized carbons (Fsp3) is 0.100. The minimum atomic E-state index is 0.728. The Morgan fingerprint density at radius 2 is 2.14 bits per heavy atom. The highest BCUT2D eigenvalue weighted by Gasteiger charge is 2.04. The van der Waals surface area contributed by atoms with Gasteiger partial charge in [-0.2, -0.15) is 5.10 Å². The molecule has 0 bridgehead atoms. The van der Waals surface area contributed by atoms with Gasteiger partial charge in [0.1, 0.15) is 3.70 Å². The molecule has 0 atom stereocenters. The maximum absolute atomic E-state index is 5.91. The molecule has 0 aliphatic carbocycles. The third-order valence-electron chi connectivity index (χ3n) is 1.84. The van der Waals surface area contributed by atoms with Crippen molar-refractivity contribution in [2.24, 2.45) is 0 Å². The van der Waals surface area contributed by atoms with E-state index >= 15 is 0 Å². The van der Waals surface area contributed by atoms with Gasteiger partial charge in [0.25, 0.3) is 0 Å². The SMILES string of the molecule is Cc1cc(I)n(-c2cccc(Cl)c2)n1. The summed E-state index contributed by atoms with van der Waals surface area (Å²) in [5, 5.41) is 5.10. The zero-order valence-electron chi connectivity index (χ0n) is 7.54. The number of hydrogen-bond donors (Lipinski definition) is 0. The van der Waals surface area contributed by atoms with Gasteiger partial charge in [0, 0.05) is 5.02 Å². The lowest BCUT2D eigenvalue weighted by Crippen LogP contribution is -1.98. The molecule has 0 saturated carbocycles. The molecule has 2 aromatic rings. The Bertz CT molecular complexity index is 465. The number of halogens is 2. The van der Waals surface area contributed by atoms with Gasteiger partial charge in [-0.15, -0.1) is 0 Å². The van der Waals surface area contributed by atoms with Crippen LogP contribution in [0.2, 0.25) is 5.02 Å². The van der Waals surface area contributed by atoms with Crippen LogP contribution in [0, 0.1) is 10.6 Å². The quantitative estimate of drug-likeness (QED) is 0.737. The Balaban J connectivity index is 2.54. The third kappa shape index (κ3) is 1.93. The third-order valence-corrected chi connectivity index (χ3v) is 2.84. The van der Waals surface area contributed by atoms with E-state index in [0.29, 0.717) is 0 Å². The first-order valence-corrected chi connectivity index (χ1v) is 5.60. The fourth-order valence-electron chi connectivity index (χ4n) is 1.26. The molecule has 72 valence electrons. The maximum atomic E-state index is 5.91. The number of nitrogens with zero attached hydrogens (tertiary/aromatic N) is 2. The summed E-state index contributed by atoms with van der Waals surface area (Å²) >= 11 is 8.16. The molecule has 0 unspecified atom stereocenters. The Morgan fingerprint density at radius 3 is 2.71 bits per heavy atom. The summed E-state index contributed by atoms with van der Waals surface area (Å²) in [5.74, 6) is 0. The van der Waals surface area contributed by atoms with Crippen LogP contribution in [0.1, 0.15) is 5.69 Å². The molecular weight excluding hydrogens is 310 g/mol. The van der Waals surface area contributed by atoms with Gasteiger partial charge in [0.2, 0.25) is 0 Å². The first kappa shape index (κ1) is 9.98. The van der Waals surface area contributed by atoms with Gasteiger partial charge < -0.3 is 0 Å². The van der Waals surface area contributed by atoms with Gasteiger partial charge in [0.15, 0.2) is 0 Å². The van der Waals surface area contributed by atoms with Crippen molar-refractivity contribution in [1.82, 2.24) is 9.78 Å². The zero-order chi connectivity index (χ0) is 10.1. The highest BCUT2D eigenvalue weighted by atomic mass is 127. The van der Waals surface area contributed by atoms with E-state index in [9.17, 15) is 0 Å². The van der Waals surface area contributed by atoms with Crippen LogP contribution in [0.4, 0.5) is 0 Å². The second kappa shape index (κ2) is 3.90. The van der Waals surface area contributed by atoms with E-state index in [1.165, 1.54) is 0 Å². The van der Waals surface area contributed by atoms with Crippen molar-refractivity contribution < 1.29 is 0 Å². The van der Waals surface area contributed by atoms with Crippen LogP contribution in [-0.2, 0) is 0 Å². The lowest BCUT2D eigenvalue weighted by atomic mass is 10.3. The van der Waals surface area contributed by atoms with Crippen molar-refractivity contribution >= 4 is 34.2 Å². The zero-order valence-corrected chi connectivity index (χ0v) is 10.5. The van der Waals surface area contributed by atoms with E-state index in [0.717, 1.165) is 20.1 Å². The van der Waals surface area contributed by atoms with Crippen LogP contribution >= 0.6 is 34.2 Å². The summed E-state index contributed by atoms with van der Waals surface area (Å²) in [6.07, 6.45) is 0. The Kier molecular flexibility index (Phi) is 2.78. The second-order valence-corrected chi connectivity index (χ2v) is 4.54. The summed E-state index contributed by atoms with van der Waals surface area (Å²) in [6, 6.07) is 9.69. The average Bonchev–Trinajstić information content (AvgIpc) is 2.45. The molecule has 4 heteroatoms. The molecule has 0 amide bonds. The molecule has 0 radical (unpaired) electrons. The van der Waals surface area contributed by atoms with E-state index in [1.54, 1.807) is 0 Å². The first-order valence-electron chi connectivity index (χ1n) is 4.15. The number of rotatable bonds is 1. The molecule has 0 aliphatic heterocycles. The Hall–Kier alpha value is -0.550. The van der Waals surface area contributed by atoms with E-state index < -0.39 is 0 Å². The topological polar surface area (TPSA) is 17.8 Å². The van der Waals surface area contributed by atoms with Crippen LogP contribution in [-0.4, -0.2) is 9.78 Å². The summed E-state index contributed by atoms with van der Waals surface area (Å²) in [6.45, 7) is 1.98. The van der Waals surface area contributed by atoms with Crippen LogP contribution in [0.25, 0.3) is 5.69 Å². The van der Waals surface area contributed by atoms with Gasteiger partial charge in [0.05, 0.1) is 11.4 Å². The largest absolute Gasteiger partial charge is 0.227 e. The lowest BCUT2D eigenvalue weighted by molar-refractivity contribution is 0.843. The van der Waals surface area contributed by atoms with Crippen molar-refractivity contribution in [2.45, 2.75) is 6.92 Å². The molecular formula is C10H8ClIN2. The van der Waals surface area contributed by atoms with E-state index in [-0.39, 0.29) is 0 Å². The highest BCUT2D eigenvalue weighted by molar-refractivity contribution is 14.1. The first-order chi connectivity index (χ1) is 6.66. The van der Waals surface area contributed by atoms with Crippen LogP contribution in [0.15, 0.2) is 30.3 Å². The van der Waals surface area contributed by atoms with Crippen molar-refractivity contribution in [3.05, 3.63) is 44.7 Å². The molecule has 14 heavy (non-hydrogen) atoms. The number of hydrogen-bond acceptors (Lipinski definition) is 1. The summed E-state index contributed by atoms with van der Waals surface area (Å²) in [5.41, 5.74) is 2.00. The van der Waals surface area contributed by atoms with Crippen molar-refractivity contribution in [3.63, 3.8) is 0 Å². The molecule has 0 spiro atoms. The van der Waals surface area contributed by atoms with Crippen LogP contribution < -0.4 is 0 Å². The smallest absolute Gasteiger partial charge is 0.105 e. The summed E-state index contributed by atoms with van der Waals surface area (Å²) in [7, 11) is 0. The average molecular weight is 319 g/mol. The van der Waals surface area contributed by atoms with Gasteiger partial charge in [-0.05, 0) is 53.8 Å². The predicted molar refractivity (Wildman–Crippen MR) is 66.0 cm³/mol. The molecule has 1 aromatic heterocycles. The van der Waals surface area contributed by atoms with E-state index in [1.807, 2.05) is 41.9 Å². The molecule has 1 aromatic carbocycles. The molecule has 0 fully saturated rings. The lowest BCUT2D eigenvalue weighted by Gasteiger charge is -2.02. The van der Waals surface area contributed by atoms with Crippen molar-refractivity contribution in [1.29, 1.82) is 0 Å². The molecule has 0 saturated heterocycles. The monoisotopic (exact) mass is 318 g/mol. The summed E-state index contributed by atoms with van der Waals surface area (Å²) in [4.78, 5) is 0. The van der Waals surface area contributed by atoms with Gasteiger partial charge in [-0.25, -0.2) is 4.68 Å². The minimum absolute atomic E-state index is 0.728. The van der Waals surface area contributed by atoms with Crippen molar-refractivity contribution in [3.8, 4) is 5.69 Å². The van der Waals surface area contributed by atoms with Gasteiger partial charge >= 0.3 is 0 Å². The minimum Gasteiger partial charge on any atom is -0.227 e.